The van der Waals surface area contributed by atoms with Crippen LogP contribution in [-0.4, -0.2) is 51.5 Å². The number of benzene rings is 2. The van der Waals surface area contributed by atoms with Gasteiger partial charge in [-0.05, 0) is 53.8 Å². The number of aliphatic hydroxyl groups is 1. The molecular formula is C28H37N3O3. The van der Waals surface area contributed by atoms with E-state index in [1.54, 1.807) is 0 Å². The summed E-state index contributed by atoms with van der Waals surface area (Å²) in [6.07, 6.45) is 4.03. The van der Waals surface area contributed by atoms with Crippen molar-refractivity contribution in [1.29, 1.82) is 0 Å². The maximum atomic E-state index is 10.6. The lowest BCUT2D eigenvalue weighted by atomic mass is 10.0. The molecule has 2 aromatic carbocycles. The Kier molecular flexibility index (Phi) is 7.91. The van der Waals surface area contributed by atoms with E-state index in [-0.39, 0.29) is 6.10 Å². The highest BCUT2D eigenvalue weighted by Gasteiger charge is 2.33. The molecule has 1 saturated heterocycles. The van der Waals surface area contributed by atoms with Gasteiger partial charge in [0.25, 0.3) is 0 Å². The molecule has 0 radical (unpaired) electrons. The van der Waals surface area contributed by atoms with E-state index in [0.717, 1.165) is 36.8 Å². The van der Waals surface area contributed by atoms with Crippen molar-refractivity contribution in [3.05, 3.63) is 77.4 Å². The molecule has 1 aliphatic rings. The van der Waals surface area contributed by atoms with Gasteiger partial charge in [-0.2, -0.15) is 0 Å². The second-order valence-electron chi connectivity index (χ2n) is 9.53. The fourth-order valence-corrected chi connectivity index (χ4v) is 4.50. The summed E-state index contributed by atoms with van der Waals surface area (Å²) in [6.45, 7) is 12.0. The molecule has 34 heavy (non-hydrogen) atoms. The molecule has 2 heterocycles. The lowest BCUT2D eigenvalue weighted by Gasteiger charge is -2.19. The number of nitrogens with zero attached hydrogens (tertiary/aromatic N) is 3. The summed E-state index contributed by atoms with van der Waals surface area (Å²) < 4.78 is 14.3. The van der Waals surface area contributed by atoms with Crippen LogP contribution >= 0.6 is 0 Å². The van der Waals surface area contributed by atoms with E-state index in [0.29, 0.717) is 25.6 Å². The van der Waals surface area contributed by atoms with E-state index in [2.05, 4.69) is 72.5 Å². The molecule has 4 rings (SSSR count). The largest absolute Gasteiger partial charge is 0.492 e. The minimum atomic E-state index is -0.498. The highest BCUT2D eigenvalue weighted by molar-refractivity contribution is 5.35. The van der Waals surface area contributed by atoms with Gasteiger partial charge in [-0.3, -0.25) is 4.90 Å². The standard InChI is InChI=1S/C28H37N3O3/c1-5-28-29-10-11-31(28)12-13-33-24-8-6-22(7-9-24)17-30-18-26(32)27(19-30)34-25-15-21(4)14-23(16-25)20(2)3/h6-11,14-16,20,26-27,32H,5,12-13,17-19H2,1-4H3/t26-,27-/m0/s1. The van der Waals surface area contributed by atoms with Gasteiger partial charge >= 0.3 is 0 Å². The van der Waals surface area contributed by atoms with Crippen LogP contribution in [0.5, 0.6) is 11.5 Å². The van der Waals surface area contributed by atoms with Gasteiger partial charge in [-0.1, -0.05) is 39.0 Å². The van der Waals surface area contributed by atoms with Crippen LogP contribution < -0.4 is 9.47 Å². The highest BCUT2D eigenvalue weighted by Crippen LogP contribution is 2.26. The smallest absolute Gasteiger partial charge is 0.138 e. The molecule has 0 saturated carbocycles. The average molecular weight is 464 g/mol. The molecular weight excluding hydrogens is 426 g/mol. The Bertz CT molecular complexity index is 1060. The van der Waals surface area contributed by atoms with Crippen LogP contribution in [0.4, 0.5) is 0 Å². The Balaban J connectivity index is 1.27. The van der Waals surface area contributed by atoms with Crippen molar-refractivity contribution in [3.8, 4) is 11.5 Å². The summed E-state index contributed by atoms with van der Waals surface area (Å²) in [7, 11) is 0. The Morgan fingerprint density at radius 2 is 1.88 bits per heavy atom. The molecule has 1 fully saturated rings. The van der Waals surface area contributed by atoms with E-state index < -0.39 is 6.10 Å². The van der Waals surface area contributed by atoms with Gasteiger partial charge in [-0.15, -0.1) is 0 Å². The number of hydrogen-bond acceptors (Lipinski definition) is 5. The molecule has 0 spiro atoms. The number of aryl methyl sites for hydroxylation is 2. The maximum absolute atomic E-state index is 10.6. The summed E-state index contributed by atoms with van der Waals surface area (Å²) in [4.78, 5) is 6.59. The Hall–Kier alpha value is -2.83. The summed E-state index contributed by atoms with van der Waals surface area (Å²) in [5, 5.41) is 10.6. The van der Waals surface area contributed by atoms with Gasteiger partial charge < -0.3 is 19.1 Å². The van der Waals surface area contributed by atoms with E-state index in [1.807, 2.05) is 24.5 Å². The number of hydrogen-bond donors (Lipinski definition) is 1. The minimum absolute atomic E-state index is 0.222. The molecule has 0 unspecified atom stereocenters. The third kappa shape index (κ3) is 6.19. The fourth-order valence-electron chi connectivity index (χ4n) is 4.50. The quantitative estimate of drug-likeness (QED) is 0.477. The van der Waals surface area contributed by atoms with Gasteiger partial charge in [0, 0.05) is 38.4 Å². The van der Waals surface area contributed by atoms with E-state index >= 15 is 0 Å². The zero-order valence-corrected chi connectivity index (χ0v) is 20.8. The first-order valence-corrected chi connectivity index (χ1v) is 12.3. The fraction of sp³-hybridized carbons (Fsp3) is 0.464. The Labute approximate surface area is 203 Å². The van der Waals surface area contributed by atoms with Gasteiger partial charge in [0.05, 0.1) is 6.54 Å². The van der Waals surface area contributed by atoms with Crippen molar-refractivity contribution < 1.29 is 14.6 Å². The number of aliphatic hydroxyl groups excluding tert-OH is 1. The lowest BCUT2D eigenvalue weighted by molar-refractivity contribution is 0.0736. The summed E-state index contributed by atoms with van der Waals surface area (Å²) in [5.74, 6) is 3.23. The molecule has 1 aliphatic heterocycles. The molecule has 2 atom stereocenters. The first-order chi connectivity index (χ1) is 16.4. The van der Waals surface area contributed by atoms with Gasteiger partial charge in [0.1, 0.15) is 36.1 Å². The molecule has 0 bridgehead atoms. The number of imidazole rings is 1. The van der Waals surface area contributed by atoms with Crippen LogP contribution in [0.1, 0.15) is 49.2 Å². The van der Waals surface area contributed by atoms with Gasteiger partial charge in [0.15, 0.2) is 0 Å². The minimum Gasteiger partial charge on any atom is -0.492 e. The van der Waals surface area contributed by atoms with Crippen LogP contribution in [0.15, 0.2) is 54.9 Å². The summed E-state index contributed by atoms with van der Waals surface area (Å²) in [5.41, 5.74) is 3.64. The molecule has 182 valence electrons. The van der Waals surface area contributed by atoms with Crippen molar-refractivity contribution >= 4 is 0 Å². The topological polar surface area (TPSA) is 59.8 Å². The molecule has 0 aliphatic carbocycles. The number of ether oxygens (including phenoxy) is 2. The van der Waals surface area contributed by atoms with Crippen molar-refractivity contribution in [2.45, 2.75) is 65.3 Å². The first-order valence-electron chi connectivity index (χ1n) is 12.3. The molecule has 3 aromatic rings. The monoisotopic (exact) mass is 463 g/mol. The summed E-state index contributed by atoms with van der Waals surface area (Å²) >= 11 is 0. The SMILES string of the molecule is CCc1nccn1CCOc1ccc(CN2C[C@H](Oc3cc(C)cc(C(C)C)c3)[C@@H](O)C2)cc1. The lowest BCUT2D eigenvalue weighted by Crippen LogP contribution is -2.30. The second-order valence-corrected chi connectivity index (χ2v) is 9.53. The van der Waals surface area contributed by atoms with Crippen molar-refractivity contribution in [2.75, 3.05) is 19.7 Å². The molecule has 6 nitrogen and oxygen atoms in total. The number of aromatic nitrogens is 2. The zero-order valence-electron chi connectivity index (χ0n) is 20.8. The van der Waals surface area contributed by atoms with Crippen LogP contribution in [-0.2, 0) is 19.5 Å². The third-order valence-electron chi connectivity index (χ3n) is 6.39. The van der Waals surface area contributed by atoms with Crippen LogP contribution in [0.3, 0.4) is 0 Å². The average Bonchev–Trinajstić information content (AvgIpc) is 3.40. The predicted octanol–water partition coefficient (Wildman–Crippen LogP) is 4.58. The van der Waals surface area contributed by atoms with Gasteiger partial charge in [0.2, 0.25) is 0 Å². The normalized spacial score (nSPS) is 18.5. The zero-order chi connectivity index (χ0) is 24.1. The first kappa shape index (κ1) is 24.3. The van der Waals surface area contributed by atoms with E-state index in [4.69, 9.17) is 9.47 Å². The second kappa shape index (κ2) is 11.1. The van der Waals surface area contributed by atoms with Crippen molar-refractivity contribution in [1.82, 2.24) is 14.5 Å². The van der Waals surface area contributed by atoms with Crippen LogP contribution in [0.2, 0.25) is 0 Å². The van der Waals surface area contributed by atoms with Crippen molar-refractivity contribution in [2.24, 2.45) is 0 Å². The summed E-state index contributed by atoms with van der Waals surface area (Å²) in [6, 6.07) is 14.6. The Morgan fingerprint density at radius 1 is 1.09 bits per heavy atom. The van der Waals surface area contributed by atoms with Crippen molar-refractivity contribution in [3.63, 3.8) is 0 Å². The Morgan fingerprint density at radius 3 is 2.62 bits per heavy atom. The molecule has 6 heteroatoms. The number of likely N-dealkylation sites (tertiary alicyclic amines) is 1. The van der Waals surface area contributed by atoms with E-state index in [1.165, 1.54) is 16.7 Å². The van der Waals surface area contributed by atoms with Gasteiger partial charge in [-0.25, -0.2) is 4.98 Å². The van der Waals surface area contributed by atoms with Crippen LogP contribution in [0, 0.1) is 6.92 Å². The predicted molar refractivity (Wildman–Crippen MR) is 135 cm³/mol. The molecule has 1 aromatic heterocycles. The third-order valence-corrected chi connectivity index (χ3v) is 6.39. The molecule has 1 N–H and O–H groups in total. The maximum Gasteiger partial charge on any atom is 0.138 e. The number of rotatable bonds is 10. The van der Waals surface area contributed by atoms with Crippen LogP contribution in [0.25, 0.3) is 0 Å². The molecule has 0 amide bonds. The number of β-amino-alcohol motifs (C(OH)–C–C–N with tert-alkyl or cyclic N) is 1. The highest BCUT2D eigenvalue weighted by atomic mass is 16.5. The van der Waals surface area contributed by atoms with E-state index in [9.17, 15) is 5.11 Å².